The molecule has 2 amide bonds. The standard InChI is InChI=1S/C14H22F3N5O2/c1-11(14(15,16)17)20-5-7-21(8-6-20)13(23)18-12-3-4-22(19-12)9-10-24-2/h3-4,11H,5-10H2,1-2H3,(H,18,19,23)/t11-/m1/s1. The van der Waals surface area contributed by atoms with E-state index in [0.717, 1.165) is 6.92 Å². The lowest BCUT2D eigenvalue weighted by Crippen LogP contribution is -2.55. The first-order valence-electron chi connectivity index (χ1n) is 7.70. The van der Waals surface area contributed by atoms with Gasteiger partial charge in [-0.25, -0.2) is 4.79 Å². The quantitative estimate of drug-likeness (QED) is 0.878. The Morgan fingerprint density at radius 2 is 2.04 bits per heavy atom. The maximum Gasteiger partial charge on any atom is 0.403 e. The number of ether oxygens (including phenoxy) is 1. The summed E-state index contributed by atoms with van der Waals surface area (Å²) < 4.78 is 44.7. The number of amides is 2. The van der Waals surface area contributed by atoms with Crippen molar-refractivity contribution in [2.75, 3.05) is 45.2 Å². The average molecular weight is 349 g/mol. The van der Waals surface area contributed by atoms with Gasteiger partial charge < -0.3 is 9.64 Å². The molecule has 0 radical (unpaired) electrons. The summed E-state index contributed by atoms with van der Waals surface area (Å²) in [5.41, 5.74) is 0. The van der Waals surface area contributed by atoms with Crippen molar-refractivity contribution < 1.29 is 22.7 Å². The summed E-state index contributed by atoms with van der Waals surface area (Å²) >= 11 is 0. The lowest BCUT2D eigenvalue weighted by molar-refractivity contribution is -0.181. The molecule has 10 heteroatoms. The molecule has 1 N–H and O–H groups in total. The Bertz CT molecular complexity index is 541. The van der Waals surface area contributed by atoms with Gasteiger partial charge in [-0.05, 0) is 6.92 Å². The third-order valence-electron chi connectivity index (χ3n) is 4.02. The van der Waals surface area contributed by atoms with E-state index in [0.29, 0.717) is 19.0 Å². The Kier molecular flexibility index (Phi) is 6.05. The fourth-order valence-electron chi connectivity index (χ4n) is 2.45. The number of piperazine rings is 1. The van der Waals surface area contributed by atoms with Crippen molar-refractivity contribution in [2.45, 2.75) is 25.7 Å². The summed E-state index contributed by atoms with van der Waals surface area (Å²) in [7, 11) is 1.59. The van der Waals surface area contributed by atoms with Gasteiger partial charge in [-0.3, -0.25) is 14.9 Å². The summed E-state index contributed by atoms with van der Waals surface area (Å²) in [6.45, 7) is 3.09. The van der Waals surface area contributed by atoms with Crippen LogP contribution in [0, 0.1) is 0 Å². The highest BCUT2D eigenvalue weighted by Gasteiger charge is 2.41. The molecule has 0 saturated carbocycles. The topological polar surface area (TPSA) is 62.6 Å². The average Bonchev–Trinajstić information content (AvgIpc) is 2.98. The molecule has 0 unspecified atom stereocenters. The third-order valence-corrected chi connectivity index (χ3v) is 4.02. The molecular formula is C14H22F3N5O2. The Hall–Kier alpha value is -1.81. The highest BCUT2D eigenvalue weighted by Crippen LogP contribution is 2.25. The number of rotatable bonds is 5. The fourth-order valence-corrected chi connectivity index (χ4v) is 2.45. The van der Waals surface area contributed by atoms with Gasteiger partial charge in [-0.1, -0.05) is 0 Å². The molecule has 136 valence electrons. The Morgan fingerprint density at radius 1 is 1.38 bits per heavy atom. The molecule has 1 saturated heterocycles. The van der Waals surface area contributed by atoms with Crippen LogP contribution in [0.2, 0.25) is 0 Å². The van der Waals surface area contributed by atoms with Crippen LogP contribution in [0.15, 0.2) is 12.3 Å². The number of aromatic nitrogens is 2. The smallest absolute Gasteiger partial charge is 0.383 e. The van der Waals surface area contributed by atoms with E-state index in [1.165, 1.54) is 9.80 Å². The van der Waals surface area contributed by atoms with Crippen LogP contribution in [0.3, 0.4) is 0 Å². The molecule has 2 rings (SSSR count). The molecule has 0 spiro atoms. The van der Waals surface area contributed by atoms with Gasteiger partial charge in [0.15, 0.2) is 5.82 Å². The van der Waals surface area contributed by atoms with Gasteiger partial charge in [-0.2, -0.15) is 18.3 Å². The Labute approximate surface area is 138 Å². The zero-order valence-electron chi connectivity index (χ0n) is 13.7. The molecule has 1 aromatic heterocycles. The third kappa shape index (κ3) is 4.84. The van der Waals surface area contributed by atoms with Gasteiger partial charge >= 0.3 is 12.2 Å². The molecule has 2 heterocycles. The molecule has 1 aromatic rings. The molecule has 0 bridgehead atoms. The SMILES string of the molecule is COCCn1ccc(NC(=O)N2CCN([C@H](C)C(F)(F)F)CC2)n1. The van der Waals surface area contributed by atoms with Crippen molar-refractivity contribution in [3.8, 4) is 0 Å². The van der Waals surface area contributed by atoms with Gasteiger partial charge in [0.05, 0.1) is 13.2 Å². The molecule has 24 heavy (non-hydrogen) atoms. The van der Waals surface area contributed by atoms with Crippen LogP contribution < -0.4 is 5.32 Å². The first kappa shape index (κ1) is 18.5. The zero-order chi connectivity index (χ0) is 17.7. The lowest BCUT2D eigenvalue weighted by atomic mass is 10.2. The van der Waals surface area contributed by atoms with Gasteiger partial charge in [0, 0.05) is 45.6 Å². The van der Waals surface area contributed by atoms with Crippen molar-refractivity contribution in [3.05, 3.63) is 12.3 Å². The number of carbonyl (C=O) groups is 1. The van der Waals surface area contributed by atoms with E-state index in [9.17, 15) is 18.0 Å². The van der Waals surface area contributed by atoms with Gasteiger partial charge in [-0.15, -0.1) is 0 Å². The fraction of sp³-hybridized carbons (Fsp3) is 0.714. The molecule has 0 aliphatic carbocycles. The summed E-state index contributed by atoms with van der Waals surface area (Å²) in [6.07, 6.45) is -2.53. The summed E-state index contributed by atoms with van der Waals surface area (Å²) in [6, 6.07) is -0.194. The largest absolute Gasteiger partial charge is 0.403 e. The lowest BCUT2D eigenvalue weighted by Gasteiger charge is -2.38. The number of nitrogens with zero attached hydrogens (tertiary/aromatic N) is 4. The monoisotopic (exact) mass is 349 g/mol. The molecule has 1 atom stereocenters. The van der Waals surface area contributed by atoms with Gasteiger partial charge in [0.1, 0.15) is 6.04 Å². The van der Waals surface area contributed by atoms with Crippen LogP contribution in [0.4, 0.5) is 23.8 Å². The number of hydrogen-bond donors (Lipinski definition) is 1. The molecule has 1 aliphatic heterocycles. The van der Waals surface area contributed by atoms with Gasteiger partial charge in [0.2, 0.25) is 0 Å². The second-order valence-corrected chi connectivity index (χ2v) is 5.63. The van der Waals surface area contributed by atoms with Crippen molar-refractivity contribution in [3.63, 3.8) is 0 Å². The molecule has 7 nitrogen and oxygen atoms in total. The first-order chi connectivity index (χ1) is 11.3. The maximum atomic E-state index is 12.7. The van der Waals surface area contributed by atoms with E-state index in [2.05, 4.69) is 10.4 Å². The highest BCUT2D eigenvalue weighted by atomic mass is 19.4. The number of hydrogen-bond acceptors (Lipinski definition) is 4. The highest BCUT2D eigenvalue weighted by molar-refractivity contribution is 5.88. The number of halogens is 3. The second kappa shape index (κ2) is 7.84. The number of nitrogens with one attached hydrogen (secondary N) is 1. The summed E-state index contributed by atoms with van der Waals surface area (Å²) in [5.74, 6) is 0.405. The first-order valence-corrected chi connectivity index (χ1v) is 7.70. The Morgan fingerprint density at radius 3 is 2.62 bits per heavy atom. The predicted molar refractivity (Wildman–Crippen MR) is 81.8 cm³/mol. The van der Waals surface area contributed by atoms with Crippen molar-refractivity contribution in [2.24, 2.45) is 0 Å². The number of anilines is 1. The zero-order valence-corrected chi connectivity index (χ0v) is 13.7. The Balaban J connectivity index is 1.81. The van der Waals surface area contributed by atoms with Crippen molar-refractivity contribution >= 4 is 11.8 Å². The van der Waals surface area contributed by atoms with E-state index in [4.69, 9.17) is 4.74 Å². The van der Waals surface area contributed by atoms with E-state index in [1.54, 1.807) is 24.1 Å². The van der Waals surface area contributed by atoms with Crippen LogP contribution in [0.25, 0.3) is 0 Å². The van der Waals surface area contributed by atoms with Crippen LogP contribution in [0.1, 0.15) is 6.92 Å². The number of alkyl halides is 3. The van der Waals surface area contributed by atoms with E-state index < -0.39 is 12.2 Å². The minimum Gasteiger partial charge on any atom is -0.383 e. The van der Waals surface area contributed by atoms with Crippen molar-refractivity contribution in [1.82, 2.24) is 19.6 Å². The number of methoxy groups -OCH3 is 1. The maximum absolute atomic E-state index is 12.7. The van der Waals surface area contributed by atoms with Crippen LogP contribution in [0.5, 0.6) is 0 Å². The van der Waals surface area contributed by atoms with E-state index in [-0.39, 0.29) is 32.2 Å². The minimum atomic E-state index is -4.25. The summed E-state index contributed by atoms with van der Waals surface area (Å²) in [4.78, 5) is 15.0. The number of urea groups is 1. The molecule has 1 aliphatic rings. The summed E-state index contributed by atoms with van der Waals surface area (Å²) in [5, 5.41) is 6.83. The van der Waals surface area contributed by atoms with Crippen LogP contribution in [-0.2, 0) is 11.3 Å². The molecule has 0 aromatic carbocycles. The predicted octanol–water partition coefficient (Wildman–Crippen LogP) is 1.63. The second-order valence-electron chi connectivity index (χ2n) is 5.63. The van der Waals surface area contributed by atoms with Gasteiger partial charge in [0.25, 0.3) is 0 Å². The van der Waals surface area contributed by atoms with Crippen molar-refractivity contribution in [1.29, 1.82) is 0 Å². The van der Waals surface area contributed by atoms with E-state index in [1.807, 2.05) is 0 Å². The molecular weight excluding hydrogens is 327 g/mol. The van der Waals surface area contributed by atoms with Crippen LogP contribution >= 0.6 is 0 Å². The van der Waals surface area contributed by atoms with E-state index >= 15 is 0 Å². The normalized spacial score (nSPS) is 17.8. The molecule has 1 fully saturated rings. The van der Waals surface area contributed by atoms with Crippen LogP contribution in [-0.4, -0.2) is 77.7 Å². The minimum absolute atomic E-state index is 0.191. The number of carbonyl (C=O) groups excluding carboxylic acids is 1.